The van der Waals surface area contributed by atoms with Gasteiger partial charge in [-0.2, -0.15) is 9.97 Å². The van der Waals surface area contributed by atoms with Crippen LogP contribution in [-0.4, -0.2) is 59.4 Å². The third-order valence-electron chi connectivity index (χ3n) is 5.79. The summed E-state index contributed by atoms with van der Waals surface area (Å²) in [5.74, 6) is 1.54. The van der Waals surface area contributed by atoms with Gasteiger partial charge in [0, 0.05) is 43.0 Å². The number of hydrogen-bond acceptors (Lipinski definition) is 7. The predicted molar refractivity (Wildman–Crippen MR) is 93.9 cm³/mol. The average molecular weight is 341 g/mol. The molecule has 25 heavy (non-hydrogen) atoms. The zero-order valence-electron chi connectivity index (χ0n) is 14.4. The molecule has 132 valence electrons. The van der Waals surface area contributed by atoms with Gasteiger partial charge >= 0.3 is 6.01 Å². The molecular weight excluding hydrogens is 318 g/mol. The van der Waals surface area contributed by atoms with E-state index >= 15 is 0 Å². The monoisotopic (exact) mass is 341 g/mol. The minimum atomic E-state index is 0.145. The zero-order valence-corrected chi connectivity index (χ0v) is 14.4. The van der Waals surface area contributed by atoms with Crippen molar-refractivity contribution in [2.24, 2.45) is 5.92 Å². The van der Waals surface area contributed by atoms with Crippen LogP contribution in [0.1, 0.15) is 19.8 Å². The van der Waals surface area contributed by atoms with Gasteiger partial charge in [0.05, 0.1) is 30.7 Å². The number of hydrogen-bond donors (Lipinski definition) is 1. The molecule has 0 saturated carbocycles. The molecule has 2 aromatic rings. The highest BCUT2D eigenvalue weighted by Gasteiger charge is 2.51. The molecule has 2 unspecified atom stereocenters. The highest BCUT2D eigenvalue weighted by atomic mass is 16.5. The van der Waals surface area contributed by atoms with Gasteiger partial charge in [0.15, 0.2) is 0 Å². The first-order valence-corrected chi connectivity index (χ1v) is 9.12. The van der Waals surface area contributed by atoms with Gasteiger partial charge in [0.1, 0.15) is 5.82 Å². The van der Waals surface area contributed by atoms with Crippen LogP contribution in [0, 0.1) is 5.92 Å². The number of anilines is 1. The molecule has 0 amide bonds. The third-order valence-corrected chi connectivity index (χ3v) is 5.79. The van der Waals surface area contributed by atoms with E-state index in [-0.39, 0.29) is 5.54 Å². The Morgan fingerprint density at radius 1 is 1.40 bits per heavy atom. The average Bonchev–Trinajstić information content (AvgIpc) is 2.87. The molecule has 2 aromatic heterocycles. The SMILES string of the molecule is CCOc1nc(N2CC3CCC(C4COC4)(C2)N3)c2cnccc2n1. The van der Waals surface area contributed by atoms with Crippen molar-refractivity contribution in [1.82, 2.24) is 20.3 Å². The Hall–Kier alpha value is -1.99. The Balaban J connectivity index is 1.56. The van der Waals surface area contributed by atoms with Gasteiger partial charge in [-0.05, 0) is 25.8 Å². The van der Waals surface area contributed by atoms with E-state index in [9.17, 15) is 0 Å². The van der Waals surface area contributed by atoms with E-state index < -0.39 is 0 Å². The van der Waals surface area contributed by atoms with E-state index in [0.717, 1.165) is 43.0 Å². The number of piperazine rings is 1. The lowest BCUT2D eigenvalue weighted by Crippen LogP contribution is -2.66. The molecule has 0 radical (unpaired) electrons. The maximum Gasteiger partial charge on any atom is 0.318 e. The Kier molecular flexibility index (Phi) is 3.53. The lowest BCUT2D eigenvalue weighted by molar-refractivity contribution is -0.0759. The number of fused-ring (bicyclic) bond motifs is 3. The van der Waals surface area contributed by atoms with Crippen molar-refractivity contribution in [2.45, 2.75) is 31.3 Å². The molecule has 5 heterocycles. The minimum Gasteiger partial charge on any atom is -0.464 e. The molecule has 7 heteroatoms. The molecule has 3 aliphatic rings. The van der Waals surface area contributed by atoms with E-state index in [1.807, 2.05) is 19.2 Å². The first-order valence-electron chi connectivity index (χ1n) is 9.12. The summed E-state index contributed by atoms with van der Waals surface area (Å²) in [6, 6.07) is 2.88. The topological polar surface area (TPSA) is 72.4 Å². The molecule has 3 aliphatic heterocycles. The Bertz CT molecular complexity index is 796. The first kappa shape index (κ1) is 15.3. The normalized spacial score (nSPS) is 29.0. The van der Waals surface area contributed by atoms with Crippen LogP contribution in [0.5, 0.6) is 6.01 Å². The van der Waals surface area contributed by atoms with Gasteiger partial charge in [-0.1, -0.05) is 0 Å². The predicted octanol–water partition coefficient (Wildman–Crippen LogP) is 1.38. The van der Waals surface area contributed by atoms with Crippen molar-refractivity contribution < 1.29 is 9.47 Å². The second-order valence-corrected chi connectivity index (χ2v) is 7.31. The maximum atomic E-state index is 5.61. The van der Waals surface area contributed by atoms with Crippen molar-refractivity contribution in [2.75, 3.05) is 37.8 Å². The van der Waals surface area contributed by atoms with E-state index in [4.69, 9.17) is 14.5 Å². The summed E-state index contributed by atoms with van der Waals surface area (Å²) >= 11 is 0. The van der Waals surface area contributed by atoms with Gasteiger partial charge < -0.3 is 19.7 Å². The molecule has 0 aromatic carbocycles. The molecule has 2 bridgehead atoms. The van der Waals surface area contributed by atoms with Gasteiger partial charge in [-0.15, -0.1) is 0 Å². The number of nitrogens with zero attached hydrogens (tertiary/aromatic N) is 4. The molecule has 0 aliphatic carbocycles. The van der Waals surface area contributed by atoms with Crippen LogP contribution in [0.25, 0.3) is 10.9 Å². The van der Waals surface area contributed by atoms with Crippen molar-refractivity contribution in [3.63, 3.8) is 0 Å². The summed E-state index contributed by atoms with van der Waals surface area (Å²) in [7, 11) is 0. The van der Waals surface area contributed by atoms with Crippen molar-refractivity contribution in [3.8, 4) is 6.01 Å². The van der Waals surface area contributed by atoms with Gasteiger partial charge in [-0.25, -0.2) is 0 Å². The van der Waals surface area contributed by atoms with E-state index in [0.29, 0.717) is 24.6 Å². The van der Waals surface area contributed by atoms with Crippen molar-refractivity contribution in [1.29, 1.82) is 0 Å². The van der Waals surface area contributed by atoms with E-state index in [1.165, 1.54) is 12.8 Å². The fourth-order valence-corrected chi connectivity index (χ4v) is 4.45. The minimum absolute atomic E-state index is 0.145. The smallest absolute Gasteiger partial charge is 0.318 e. The molecule has 3 fully saturated rings. The van der Waals surface area contributed by atoms with Crippen molar-refractivity contribution in [3.05, 3.63) is 18.5 Å². The Morgan fingerprint density at radius 3 is 3.12 bits per heavy atom. The number of rotatable bonds is 4. The van der Waals surface area contributed by atoms with Crippen LogP contribution in [0.3, 0.4) is 0 Å². The second kappa shape index (κ2) is 5.78. The Labute approximate surface area is 146 Å². The van der Waals surface area contributed by atoms with Crippen LogP contribution < -0.4 is 15.0 Å². The van der Waals surface area contributed by atoms with Gasteiger partial charge in [0.25, 0.3) is 0 Å². The molecule has 3 saturated heterocycles. The lowest BCUT2D eigenvalue weighted by atomic mass is 9.80. The third kappa shape index (κ3) is 2.45. The second-order valence-electron chi connectivity index (χ2n) is 7.31. The van der Waals surface area contributed by atoms with Crippen LogP contribution >= 0.6 is 0 Å². The van der Waals surface area contributed by atoms with E-state index in [1.54, 1.807) is 6.20 Å². The molecule has 5 rings (SSSR count). The molecular formula is C18H23N5O2. The van der Waals surface area contributed by atoms with Gasteiger partial charge in [-0.3, -0.25) is 4.98 Å². The lowest BCUT2D eigenvalue weighted by Gasteiger charge is -2.49. The molecule has 2 atom stereocenters. The summed E-state index contributed by atoms with van der Waals surface area (Å²) in [5.41, 5.74) is 1.03. The highest BCUT2D eigenvalue weighted by Crippen LogP contribution is 2.41. The van der Waals surface area contributed by atoms with Crippen molar-refractivity contribution >= 4 is 16.7 Å². The number of ether oxygens (including phenoxy) is 2. The summed E-state index contributed by atoms with van der Waals surface area (Å²) < 4.78 is 11.1. The molecule has 0 spiro atoms. The number of pyridine rings is 1. The number of nitrogens with one attached hydrogen (secondary N) is 1. The fourth-order valence-electron chi connectivity index (χ4n) is 4.45. The first-order chi connectivity index (χ1) is 12.3. The number of aromatic nitrogens is 3. The largest absolute Gasteiger partial charge is 0.464 e. The standard InChI is InChI=1S/C18H23N5O2/c1-2-25-17-20-15-4-6-19-7-14(15)16(21-17)23-8-13-3-5-18(11-23,22-13)12-9-24-10-12/h4,6-7,12-13,22H,2-3,5,8-11H2,1H3. The zero-order chi connectivity index (χ0) is 16.9. The van der Waals surface area contributed by atoms with Crippen LogP contribution in [0.4, 0.5) is 5.82 Å². The van der Waals surface area contributed by atoms with Crippen LogP contribution in [0.15, 0.2) is 18.5 Å². The van der Waals surface area contributed by atoms with Gasteiger partial charge in [0.2, 0.25) is 0 Å². The summed E-state index contributed by atoms with van der Waals surface area (Å²) in [4.78, 5) is 16.0. The molecule has 7 nitrogen and oxygen atoms in total. The maximum absolute atomic E-state index is 5.61. The van der Waals surface area contributed by atoms with Crippen LogP contribution in [-0.2, 0) is 4.74 Å². The summed E-state index contributed by atoms with van der Waals surface area (Å²) in [5, 5.41) is 4.87. The highest BCUT2D eigenvalue weighted by molar-refractivity contribution is 5.89. The fraction of sp³-hybridized carbons (Fsp3) is 0.611. The summed E-state index contributed by atoms with van der Waals surface area (Å²) in [6.07, 6.45) is 6.06. The Morgan fingerprint density at radius 2 is 2.32 bits per heavy atom. The van der Waals surface area contributed by atoms with E-state index in [2.05, 4.69) is 20.2 Å². The summed E-state index contributed by atoms with van der Waals surface area (Å²) in [6.45, 7) is 6.15. The molecule has 1 N–H and O–H groups in total. The quantitative estimate of drug-likeness (QED) is 0.901. The van der Waals surface area contributed by atoms with Crippen LogP contribution in [0.2, 0.25) is 0 Å².